The molecule has 172 valence electrons. The summed E-state index contributed by atoms with van der Waals surface area (Å²) >= 11 is 0. The van der Waals surface area contributed by atoms with Gasteiger partial charge in [0.1, 0.15) is 28.7 Å². The highest BCUT2D eigenvalue weighted by atomic mass is 16.5. The first-order chi connectivity index (χ1) is 17.3. The summed E-state index contributed by atoms with van der Waals surface area (Å²) in [7, 11) is 1.67. The van der Waals surface area contributed by atoms with Crippen molar-refractivity contribution < 1.29 is 14.2 Å². The third-order valence-corrected chi connectivity index (χ3v) is 5.48. The second kappa shape index (κ2) is 10.5. The number of anilines is 3. The SMILES string of the molecule is COc1ccc(N(c2ccc(Oc3ccccc3)cc2)c2ccc(Oc3ccccc3)cc2)cc1. The number of methoxy groups -OCH3 is 1. The van der Waals surface area contributed by atoms with Crippen molar-refractivity contribution in [3.05, 3.63) is 133 Å². The number of benzene rings is 5. The fourth-order valence-corrected chi connectivity index (χ4v) is 3.75. The molecule has 0 aromatic heterocycles. The van der Waals surface area contributed by atoms with Crippen LogP contribution in [0.5, 0.6) is 28.7 Å². The molecule has 35 heavy (non-hydrogen) atoms. The van der Waals surface area contributed by atoms with E-state index in [1.165, 1.54) is 0 Å². The van der Waals surface area contributed by atoms with Gasteiger partial charge in [0.05, 0.1) is 7.11 Å². The van der Waals surface area contributed by atoms with E-state index in [2.05, 4.69) is 29.2 Å². The van der Waals surface area contributed by atoms with E-state index in [1.54, 1.807) is 7.11 Å². The molecule has 0 bridgehead atoms. The van der Waals surface area contributed by atoms with Crippen LogP contribution in [0.3, 0.4) is 0 Å². The van der Waals surface area contributed by atoms with Crippen LogP contribution < -0.4 is 19.1 Å². The fraction of sp³-hybridized carbons (Fsp3) is 0.0323. The third kappa shape index (κ3) is 5.45. The zero-order valence-corrected chi connectivity index (χ0v) is 19.4. The first kappa shape index (κ1) is 22.1. The molecule has 0 unspecified atom stereocenters. The molecule has 5 rings (SSSR count). The predicted octanol–water partition coefficient (Wildman–Crippen LogP) is 8.75. The van der Waals surface area contributed by atoms with Gasteiger partial charge in [-0.1, -0.05) is 36.4 Å². The van der Waals surface area contributed by atoms with Gasteiger partial charge in [0.25, 0.3) is 0 Å². The Bertz CT molecular complexity index is 1250. The summed E-state index contributed by atoms with van der Waals surface area (Å²) < 4.78 is 17.3. The standard InChI is InChI=1S/C31H25NO3/c1-33-27-18-12-24(13-19-27)32(25-14-20-30(21-15-25)34-28-8-4-2-5-9-28)26-16-22-31(23-17-26)35-29-10-6-3-7-11-29/h2-23H,1H3. The Kier molecular flexibility index (Phi) is 6.63. The van der Waals surface area contributed by atoms with Gasteiger partial charge >= 0.3 is 0 Å². The summed E-state index contributed by atoms with van der Waals surface area (Å²) in [6.07, 6.45) is 0. The molecule has 0 heterocycles. The molecule has 0 fully saturated rings. The number of nitrogens with zero attached hydrogens (tertiary/aromatic N) is 1. The minimum Gasteiger partial charge on any atom is -0.497 e. The Morgan fingerprint density at radius 2 is 0.686 bits per heavy atom. The lowest BCUT2D eigenvalue weighted by Gasteiger charge is -2.26. The van der Waals surface area contributed by atoms with Crippen LogP contribution in [0, 0.1) is 0 Å². The highest BCUT2D eigenvalue weighted by Gasteiger charge is 2.13. The maximum Gasteiger partial charge on any atom is 0.127 e. The summed E-state index contributed by atoms with van der Waals surface area (Å²) in [5.41, 5.74) is 3.03. The Morgan fingerprint density at radius 1 is 0.371 bits per heavy atom. The second-order valence-electron chi connectivity index (χ2n) is 7.85. The van der Waals surface area contributed by atoms with Crippen LogP contribution in [0.2, 0.25) is 0 Å². The highest BCUT2D eigenvalue weighted by Crippen LogP contribution is 2.37. The van der Waals surface area contributed by atoms with E-state index in [9.17, 15) is 0 Å². The molecule has 5 aromatic rings. The van der Waals surface area contributed by atoms with E-state index in [1.807, 2.05) is 109 Å². The lowest BCUT2D eigenvalue weighted by Crippen LogP contribution is -2.09. The molecule has 0 amide bonds. The normalized spacial score (nSPS) is 10.4. The topological polar surface area (TPSA) is 30.9 Å². The summed E-state index contributed by atoms with van der Waals surface area (Å²) in [5, 5.41) is 0. The molecule has 0 aliphatic carbocycles. The van der Waals surface area contributed by atoms with E-state index in [0.29, 0.717) is 0 Å². The second-order valence-corrected chi connectivity index (χ2v) is 7.85. The van der Waals surface area contributed by atoms with E-state index < -0.39 is 0 Å². The molecule has 0 aliphatic rings. The zero-order valence-electron chi connectivity index (χ0n) is 19.4. The van der Waals surface area contributed by atoms with Crippen LogP contribution in [0.4, 0.5) is 17.1 Å². The van der Waals surface area contributed by atoms with Gasteiger partial charge in [0.15, 0.2) is 0 Å². The molecule has 0 saturated carbocycles. The molecule has 0 radical (unpaired) electrons. The number of rotatable bonds is 8. The first-order valence-corrected chi connectivity index (χ1v) is 11.4. The molecule has 0 atom stereocenters. The summed E-state index contributed by atoms with van der Waals surface area (Å²) in [6, 6.07) is 43.7. The lowest BCUT2D eigenvalue weighted by molar-refractivity contribution is 0.415. The van der Waals surface area contributed by atoms with Crippen molar-refractivity contribution in [3.8, 4) is 28.7 Å². The van der Waals surface area contributed by atoms with Gasteiger partial charge in [-0.2, -0.15) is 0 Å². The number of hydrogen-bond donors (Lipinski definition) is 0. The van der Waals surface area contributed by atoms with Crippen molar-refractivity contribution >= 4 is 17.1 Å². The van der Waals surface area contributed by atoms with Gasteiger partial charge in [0, 0.05) is 17.1 Å². The van der Waals surface area contributed by atoms with Crippen LogP contribution in [-0.4, -0.2) is 7.11 Å². The Morgan fingerprint density at radius 3 is 1.03 bits per heavy atom. The van der Waals surface area contributed by atoms with Crippen molar-refractivity contribution in [2.45, 2.75) is 0 Å². The fourth-order valence-electron chi connectivity index (χ4n) is 3.75. The van der Waals surface area contributed by atoms with Gasteiger partial charge in [-0.05, 0) is 97.1 Å². The molecule has 0 spiro atoms. The van der Waals surface area contributed by atoms with E-state index in [0.717, 1.165) is 45.8 Å². The van der Waals surface area contributed by atoms with Crippen molar-refractivity contribution in [1.82, 2.24) is 0 Å². The quantitative estimate of drug-likeness (QED) is 0.232. The van der Waals surface area contributed by atoms with Crippen LogP contribution >= 0.6 is 0 Å². The summed E-state index contributed by atoms with van der Waals surface area (Å²) in [4.78, 5) is 2.18. The third-order valence-electron chi connectivity index (χ3n) is 5.48. The van der Waals surface area contributed by atoms with Crippen LogP contribution in [-0.2, 0) is 0 Å². The Labute approximate surface area is 205 Å². The molecule has 5 aromatic carbocycles. The Hall–Kier alpha value is -4.70. The zero-order chi connectivity index (χ0) is 23.9. The number of para-hydroxylation sites is 2. The minimum atomic E-state index is 0.779. The van der Waals surface area contributed by atoms with Gasteiger partial charge < -0.3 is 19.1 Å². The monoisotopic (exact) mass is 459 g/mol. The summed E-state index contributed by atoms with van der Waals surface area (Å²) in [6.45, 7) is 0. The molecule has 0 aliphatic heterocycles. The van der Waals surface area contributed by atoms with E-state index in [-0.39, 0.29) is 0 Å². The average molecular weight is 460 g/mol. The van der Waals surface area contributed by atoms with Gasteiger partial charge in [-0.15, -0.1) is 0 Å². The van der Waals surface area contributed by atoms with Crippen molar-refractivity contribution in [3.63, 3.8) is 0 Å². The largest absolute Gasteiger partial charge is 0.497 e. The summed E-state index contributed by atoms with van der Waals surface area (Å²) in [5.74, 6) is 3.98. The molecule has 4 nitrogen and oxygen atoms in total. The maximum atomic E-state index is 5.98. The lowest BCUT2D eigenvalue weighted by atomic mass is 10.2. The molecule has 4 heteroatoms. The van der Waals surface area contributed by atoms with Crippen molar-refractivity contribution in [2.75, 3.05) is 12.0 Å². The van der Waals surface area contributed by atoms with E-state index >= 15 is 0 Å². The van der Waals surface area contributed by atoms with Gasteiger partial charge in [-0.3, -0.25) is 0 Å². The molecular formula is C31H25NO3. The van der Waals surface area contributed by atoms with Crippen LogP contribution in [0.15, 0.2) is 133 Å². The number of hydrogen-bond acceptors (Lipinski definition) is 4. The highest BCUT2D eigenvalue weighted by molar-refractivity contribution is 5.77. The Balaban J connectivity index is 1.44. The first-order valence-electron chi connectivity index (χ1n) is 11.4. The van der Waals surface area contributed by atoms with Gasteiger partial charge in [0.2, 0.25) is 0 Å². The predicted molar refractivity (Wildman–Crippen MR) is 141 cm³/mol. The van der Waals surface area contributed by atoms with Crippen molar-refractivity contribution in [2.24, 2.45) is 0 Å². The average Bonchev–Trinajstić information content (AvgIpc) is 2.92. The molecule has 0 N–H and O–H groups in total. The minimum absolute atomic E-state index is 0.779. The maximum absolute atomic E-state index is 5.98. The molecule has 0 saturated heterocycles. The van der Waals surface area contributed by atoms with E-state index in [4.69, 9.17) is 14.2 Å². The van der Waals surface area contributed by atoms with Crippen molar-refractivity contribution in [1.29, 1.82) is 0 Å². The van der Waals surface area contributed by atoms with Gasteiger partial charge in [-0.25, -0.2) is 0 Å². The number of ether oxygens (including phenoxy) is 3. The smallest absolute Gasteiger partial charge is 0.127 e. The van der Waals surface area contributed by atoms with Crippen LogP contribution in [0.25, 0.3) is 0 Å². The van der Waals surface area contributed by atoms with Crippen LogP contribution in [0.1, 0.15) is 0 Å². The molecular weight excluding hydrogens is 434 g/mol.